The largest absolute Gasteiger partial charge is 0.354 e. The van der Waals surface area contributed by atoms with Gasteiger partial charge in [0.05, 0.1) is 5.56 Å². The molecule has 2 aromatic heterocycles. The van der Waals surface area contributed by atoms with Crippen molar-refractivity contribution < 1.29 is 9.32 Å². The number of pyridine rings is 1. The number of benzene rings is 1. The summed E-state index contributed by atoms with van der Waals surface area (Å²) in [6, 6.07) is 14.6. The lowest BCUT2D eigenvalue weighted by molar-refractivity contribution is 0.102. The molecule has 0 spiro atoms. The predicted molar refractivity (Wildman–Crippen MR) is 74.1 cm³/mol. The standard InChI is InChI=1S/C15H11N3O2/c19-15(12-7-4-8-16-10-12)17-14-9-13(20-18-14)11-5-2-1-3-6-11/h1-10H,(H,17,18,19). The molecule has 0 aliphatic carbocycles. The van der Waals surface area contributed by atoms with Gasteiger partial charge in [0.15, 0.2) is 11.6 Å². The second-order valence-corrected chi connectivity index (χ2v) is 4.14. The van der Waals surface area contributed by atoms with E-state index in [1.54, 1.807) is 24.4 Å². The molecule has 3 rings (SSSR count). The van der Waals surface area contributed by atoms with Crippen LogP contribution >= 0.6 is 0 Å². The van der Waals surface area contributed by atoms with E-state index in [-0.39, 0.29) is 5.91 Å². The van der Waals surface area contributed by atoms with Gasteiger partial charge in [-0.1, -0.05) is 35.5 Å². The summed E-state index contributed by atoms with van der Waals surface area (Å²) in [6.07, 6.45) is 3.11. The summed E-state index contributed by atoms with van der Waals surface area (Å²) < 4.78 is 5.21. The molecule has 0 aliphatic rings. The minimum Gasteiger partial charge on any atom is -0.354 e. The van der Waals surface area contributed by atoms with Crippen molar-refractivity contribution in [1.82, 2.24) is 10.1 Å². The van der Waals surface area contributed by atoms with Crippen LogP contribution in [0, 0.1) is 0 Å². The monoisotopic (exact) mass is 265 g/mol. The number of nitrogens with zero attached hydrogens (tertiary/aromatic N) is 2. The van der Waals surface area contributed by atoms with Gasteiger partial charge in [-0.3, -0.25) is 9.78 Å². The molecular formula is C15H11N3O2. The average Bonchev–Trinajstić information content (AvgIpc) is 2.97. The number of amides is 1. The molecule has 1 amide bonds. The number of carbonyl (C=O) groups is 1. The molecule has 0 aliphatic heterocycles. The van der Waals surface area contributed by atoms with E-state index >= 15 is 0 Å². The molecule has 0 bridgehead atoms. The van der Waals surface area contributed by atoms with E-state index in [9.17, 15) is 4.79 Å². The lowest BCUT2D eigenvalue weighted by Gasteiger charge is -1.99. The van der Waals surface area contributed by atoms with Crippen molar-refractivity contribution >= 4 is 11.7 Å². The summed E-state index contributed by atoms with van der Waals surface area (Å²) in [5.74, 6) is 0.704. The van der Waals surface area contributed by atoms with Crippen molar-refractivity contribution in [2.24, 2.45) is 0 Å². The lowest BCUT2D eigenvalue weighted by Crippen LogP contribution is -2.12. The third kappa shape index (κ3) is 2.56. The molecular weight excluding hydrogens is 254 g/mol. The fourth-order valence-electron chi connectivity index (χ4n) is 1.76. The van der Waals surface area contributed by atoms with E-state index in [0.717, 1.165) is 5.56 Å². The van der Waals surface area contributed by atoms with Gasteiger partial charge < -0.3 is 9.84 Å². The van der Waals surface area contributed by atoms with Crippen molar-refractivity contribution in [1.29, 1.82) is 0 Å². The summed E-state index contributed by atoms with van der Waals surface area (Å²) in [4.78, 5) is 15.8. The summed E-state index contributed by atoms with van der Waals surface area (Å²) in [6.45, 7) is 0. The second kappa shape index (κ2) is 5.36. The van der Waals surface area contributed by atoms with E-state index in [2.05, 4.69) is 15.5 Å². The Kier molecular flexibility index (Phi) is 3.24. The Morgan fingerprint density at radius 1 is 1.10 bits per heavy atom. The molecule has 0 saturated carbocycles. The molecule has 98 valence electrons. The van der Waals surface area contributed by atoms with Crippen LogP contribution in [0.25, 0.3) is 11.3 Å². The van der Waals surface area contributed by atoms with Crippen molar-refractivity contribution in [2.75, 3.05) is 5.32 Å². The fraction of sp³-hybridized carbons (Fsp3) is 0. The Bertz CT molecular complexity index is 708. The molecule has 20 heavy (non-hydrogen) atoms. The topological polar surface area (TPSA) is 68.0 Å². The van der Waals surface area contributed by atoms with Crippen molar-refractivity contribution in [3.8, 4) is 11.3 Å². The Labute approximate surface area is 115 Å². The zero-order valence-corrected chi connectivity index (χ0v) is 10.5. The molecule has 0 saturated heterocycles. The normalized spacial score (nSPS) is 10.2. The van der Waals surface area contributed by atoms with Gasteiger partial charge in [-0.05, 0) is 12.1 Å². The smallest absolute Gasteiger partial charge is 0.258 e. The average molecular weight is 265 g/mol. The number of carbonyl (C=O) groups excluding carboxylic acids is 1. The van der Waals surface area contributed by atoms with Gasteiger partial charge in [-0.2, -0.15) is 0 Å². The maximum absolute atomic E-state index is 11.9. The Morgan fingerprint density at radius 2 is 1.95 bits per heavy atom. The van der Waals surface area contributed by atoms with Crippen LogP contribution in [0.4, 0.5) is 5.82 Å². The molecule has 1 aromatic carbocycles. The minimum absolute atomic E-state index is 0.272. The highest BCUT2D eigenvalue weighted by molar-refractivity contribution is 6.03. The Hall–Kier alpha value is -2.95. The molecule has 0 unspecified atom stereocenters. The van der Waals surface area contributed by atoms with Gasteiger partial charge in [-0.15, -0.1) is 0 Å². The number of aromatic nitrogens is 2. The number of hydrogen-bond acceptors (Lipinski definition) is 4. The second-order valence-electron chi connectivity index (χ2n) is 4.14. The first kappa shape index (κ1) is 12.1. The summed E-state index contributed by atoms with van der Waals surface area (Å²) in [7, 11) is 0. The quantitative estimate of drug-likeness (QED) is 0.790. The van der Waals surface area contributed by atoms with Crippen LogP contribution in [0.2, 0.25) is 0 Å². The Morgan fingerprint density at radius 3 is 2.70 bits per heavy atom. The molecule has 0 fully saturated rings. The van der Waals surface area contributed by atoms with Crippen LogP contribution in [0.1, 0.15) is 10.4 Å². The van der Waals surface area contributed by atoms with E-state index < -0.39 is 0 Å². The van der Waals surface area contributed by atoms with Crippen LogP contribution in [-0.4, -0.2) is 16.0 Å². The summed E-state index contributed by atoms with van der Waals surface area (Å²) in [5.41, 5.74) is 1.37. The number of rotatable bonds is 3. The van der Waals surface area contributed by atoms with Gasteiger partial charge in [0, 0.05) is 24.0 Å². The maximum Gasteiger partial charge on any atom is 0.258 e. The number of anilines is 1. The fourth-order valence-corrected chi connectivity index (χ4v) is 1.76. The predicted octanol–water partition coefficient (Wildman–Crippen LogP) is 2.99. The first-order valence-corrected chi connectivity index (χ1v) is 6.06. The molecule has 5 nitrogen and oxygen atoms in total. The molecule has 1 N–H and O–H groups in total. The van der Waals surface area contributed by atoms with Gasteiger partial charge in [-0.25, -0.2) is 0 Å². The maximum atomic E-state index is 11.9. The van der Waals surface area contributed by atoms with E-state index in [4.69, 9.17) is 4.52 Å². The van der Waals surface area contributed by atoms with Crippen LogP contribution in [0.5, 0.6) is 0 Å². The van der Waals surface area contributed by atoms with Gasteiger partial charge in [0.2, 0.25) is 0 Å². The Balaban J connectivity index is 1.77. The molecule has 0 radical (unpaired) electrons. The van der Waals surface area contributed by atoms with Crippen LogP contribution in [-0.2, 0) is 0 Å². The van der Waals surface area contributed by atoms with E-state index in [0.29, 0.717) is 17.1 Å². The summed E-state index contributed by atoms with van der Waals surface area (Å²) >= 11 is 0. The van der Waals surface area contributed by atoms with E-state index in [1.807, 2.05) is 30.3 Å². The molecule has 3 aromatic rings. The van der Waals surface area contributed by atoms with Gasteiger partial charge in [0.1, 0.15) is 0 Å². The zero-order chi connectivity index (χ0) is 13.8. The van der Waals surface area contributed by atoms with Crippen LogP contribution in [0.15, 0.2) is 65.4 Å². The van der Waals surface area contributed by atoms with Crippen LogP contribution < -0.4 is 5.32 Å². The van der Waals surface area contributed by atoms with Crippen molar-refractivity contribution in [3.05, 3.63) is 66.5 Å². The lowest BCUT2D eigenvalue weighted by atomic mass is 10.2. The zero-order valence-electron chi connectivity index (χ0n) is 10.5. The third-order valence-corrected chi connectivity index (χ3v) is 2.73. The first-order chi connectivity index (χ1) is 9.83. The van der Waals surface area contributed by atoms with Gasteiger partial charge >= 0.3 is 0 Å². The first-order valence-electron chi connectivity index (χ1n) is 6.06. The third-order valence-electron chi connectivity index (χ3n) is 2.73. The highest BCUT2D eigenvalue weighted by atomic mass is 16.5. The number of nitrogens with one attached hydrogen (secondary N) is 1. The summed E-state index contributed by atoms with van der Waals surface area (Å²) in [5, 5.41) is 6.50. The van der Waals surface area contributed by atoms with Crippen molar-refractivity contribution in [3.63, 3.8) is 0 Å². The molecule has 0 atom stereocenters. The SMILES string of the molecule is O=C(Nc1cc(-c2ccccc2)on1)c1cccnc1. The molecule has 5 heteroatoms. The van der Waals surface area contributed by atoms with Gasteiger partial charge in [0.25, 0.3) is 5.91 Å². The number of hydrogen-bond donors (Lipinski definition) is 1. The van der Waals surface area contributed by atoms with Crippen molar-refractivity contribution in [2.45, 2.75) is 0 Å². The van der Waals surface area contributed by atoms with Crippen LogP contribution in [0.3, 0.4) is 0 Å². The molecule has 2 heterocycles. The minimum atomic E-state index is -0.272. The highest BCUT2D eigenvalue weighted by Crippen LogP contribution is 2.22. The highest BCUT2D eigenvalue weighted by Gasteiger charge is 2.10. The van der Waals surface area contributed by atoms with E-state index in [1.165, 1.54) is 6.20 Å².